The smallest absolute Gasteiger partial charge is 0.387 e. The van der Waals surface area contributed by atoms with E-state index in [1.54, 1.807) is 17.4 Å². The minimum atomic E-state index is -4.52. The summed E-state index contributed by atoms with van der Waals surface area (Å²) >= 11 is 7.45. The molecule has 2 N–H and O–H groups in total. The Balaban J connectivity index is 1.43. The van der Waals surface area contributed by atoms with Crippen molar-refractivity contribution in [3.63, 3.8) is 0 Å². The van der Waals surface area contributed by atoms with E-state index in [9.17, 15) is 18.3 Å². The molecule has 0 radical (unpaired) electrons. The van der Waals surface area contributed by atoms with Crippen molar-refractivity contribution in [3.8, 4) is 21.7 Å². The fourth-order valence-electron chi connectivity index (χ4n) is 3.15. The Morgan fingerprint density at radius 1 is 1.00 bits per heavy atom. The van der Waals surface area contributed by atoms with Gasteiger partial charge < -0.3 is 10.4 Å². The Labute approximate surface area is 191 Å². The van der Waals surface area contributed by atoms with E-state index in [0.29, 0.717) is 17.1 Å². The number of anilines is 1. The molecule has 2 aromatic heterocycles. The molecule has 9 heteroatoms. The first kappa shape index (κ1) is 22.3. The monoisotopic (exact) mass is 475 g/mol. The number of hydrogen-bond acceptors (Lipinski definition) is 5. The molecule has 0 saturated heterocycles. The van der Waals surface area contributed by atoms with Crippen LogP contribution in [0.15, 0.2) is 72.4 Å². The van der Waals surface area contributed by atoms with Crippen LogP contribution in [0.1, 0.15) is 17.2 Å². The SMILES string of the molecule is OC(CNc1cc(-c2ccc(C(F)(F)F)c(Cl)c2)ncn1)c1ccc(-c2cccs2)cc1. The first-order valence-electron chi connectivity index (χ1n) is 9.56. The number of alkyl halides is 3. The molecule has 1 atom stereocenters. The van der Waals surface area contributed by atoms with Crippen molar-refractivity contribution in [3.05, 3.63) is 88.5 Å². The second kappa shape index (κ2) is 9.28. The van der Waals surface area contributed by atoms with Crippen LogP contribution in [0, 0.1) is 0 Å². The highest BCUT2D eigenvalue weighted by molar-refractivity contribution is 7.13. The maximum atomic E-state index is 12.9. The van der Waals surface area contributed by atoms with Crippen molar-refractivity contribution in [1.82, 2.24) is 9.97 Å². The van der Waals surface area contributed by atoms with Crippen LogP contribution in [0.4, 0.5) is 19.0 Å². The van der Waals surface area contributed by atoms with Crippen molar-refractivity contribution < 1.29 is 18.3 Å². The van der Waals surface area contributed by atoms with Crippen LogP contribution in [0.5, 0.6) is 0 Å². The molecule has 0 aliphatic rings. The Bertz CT molecular complexity index is 1200. The van der Waals surface area contributed by atoms with Crippen molar-refractivity contribution in [2.24, 2.45) is 0 Å². The highest BCUT2D eigenvalue weighted by Gasteiger charge is 2.33. The minimum absolute atomic E-state index is 0.197. The summed E-state index contributed by atoms with van der Waals surface area (Å²) in [5, 5.41) is 15.2. The third-order valence-electron chi connectivity index (χ3n) is 4.82. The van der Waals surface area contributed by atoms with Crippen LogP contribution in [-0.4, -0.2) is 21.6 Å². The number of hydrogen-bond donors (Lipinski definition) is 2. The predicted molar refractivity (Wildman–Crippen MR) is 121 cm³/mol. The molecule has 4 nitrogen and oxygen atoms in total. The first-order valence-corrected chi connectivity index (χ1v) is 10.8. The number of nitrogens with zero attached hydrogens (tertiary/aromatic N) is 2. The van der Waals surface area contributed by atoms with E-state index >= 15 is 0 Å². The standard InChI is InChI=1S/C23H17ClF3N3OS/c24-18-10-16(7-8-17(18)23(25,26)27)19-11-22(30-13-29-19)28-12-20(31)14-3-5-15(6-4-14)21-2-1-9-32-21/h1-11,13,20,31H,12H2,(H,28,29,30). The summed E-state index contributed by atoms with van der Waals surface area (Å²) in [5.74, 6) is 0.431. The van der Waals surface area contributed by atoms with Gasteiger partial charge in [0, 0.05) is 23.1 Å². The summed E-state index contributed by atoms with van der Waals surface area (Å²) in [6.07, 6.45) is -4.00. The van der Waals surface area contributed by atoms with Gasteiger partial charge in [0.1, 0.15) is 12.1 Å². The van der Waals surface area contributed by atoms with Crippen LogP contribution in [0.2, 0.25) is 5.02 Å². The van der Waals surface area contributed by atoms with Gasteiger partial charge in [0.25, 0.3) is 0 Å². The fraction of sp³-hybridized carbons (Fsp3) is 0.130. The van der Waals surface area contributed by atoms with E-state index in [2.05, 4.69) is 15.3 Å². The van der Waals surface area contributed by atoms with E-state index in [-0.39, 0.29) is 6.54 Å². The van der Waals surface area contributed by atoms with Gasteiger partial charge in [-0.15, -0.1) is 11.3 Å². The Morgan fingerprint density at radius 3 is 2.41 bits per heavy atom. The van der Waals surface area contributed by atoms with Gasteiger partial charge in [0.05, 0.1) is 22.4 Å². The summed E-state index contributed by atoms with van der Waals surface area (Å²) in [6, 6.07) is 16.7. The van der Waals surface area contributed by atoms with Crippen LogP contribution in [0.25, 0.3) is 21.7 Å². The summed E-state index contributed by atoms with van der Waals surface area (Å²) in [6.45, 7) is 0.197. The normalized spacial score (nSPS) is 12.5. The topological polar surface area (TPSA) is 58.0 Å². The number of nitrogens with one attached hydrogen (secondary N) is 1. The molecule has 4 rings (SSSR count). The van der Waals surface area contributed by atoms with E-state index in [4.69, 9.17) is 11.6 Å². The molecule has 4 aromatic rings. The van der Waals surface area contributed by atoms with E-state index in [0.717, 1.165) is 22.1 Å². The predicted octanol–water partition coefficient (Wildman–Crippen LogP) is 6.69. The zero-order chi connectivity index (χ0) is 22.7. The van der Waals surface area contributed by atoms with Gasteiger partial charge in [0.2, 0.25) is 0 Å². The average Bonchev–Trinajstić information content (AvgIpc) is 3.32. The third-order valence-corrected chi connectivity index (χ3v) is 6.05. The van der Waals surface area contributed by atoms with Gasteiger partial charge in [-0.3, -0.25) is 0 Å². The average molecular weight is 476 g/mol. The lowest BCUT2D eigenvalue weighted by Crippen LogP contribution is -2.13. The van der Waals surface area contributed by atoms with Crippen molar-refractivity contribution >= 4 is 28.8 Å². The largest absolute Gasteiger partial charge is 0.417 e. The lowest BCUT2D eigenvalue weighted by Gasteiger charge is -2.14. The first-order chi connectivity index (χ1) is 15.3. The van der Waals surface area contributed by atoms with Gasteiger partial charge in [-0.25, -0.2) is 9.97 Å². The number of thiophene rings is 1. The van der Waals surface area contributed by atoms with Gasteiger partial charge in [-0.05, 0) is 34.7 Å². The number of rotatable bonds is 6. The molecule has 0 saturated carbocycles. The molecule has 164 valence electrons. The quantitative estimate of drug-likeness (QED) is 0.326. The van der Waals surface area contributed by atoms with Gasteiger partial charge >= 0.3 is 6.18 Å². The van der Waals surface area contributed by atoms with E-state index in [1.165, 1.54) is 18.5 Å². The molecular formula is C23H17ClF3N3OS. The molecule has 0 amide bonds. The zero-order valence-electron chi connectivity index (χ0n) is 16.5. The van der Waals surface area contributed by atoms with Crippen molar-refractivity contribution in [1.29, 1.82) is 0 Å². The lowest BCUT2D eigenvalue weighted by atomic mass is 10.1. The maximum absolute atomic E-state index is 12.9. The lowest BCUT2D eigenvalue weighted by molar-refractivity contribution is -0.137. The van der Waals surface area contributed by atoms with Crippen LogP contribution < -0.4 is 5.32 Å². The van der Waals surface area contributed by atoms with Crippen molar-refractivity contribution in [2.75, 3.05) is 11.9 Å². The second-order valence-electron chi connectivity index (χ2n) is 6.98. The van der Waals surface area contributed by atoms with Gasteiger partial charge in [-0.1, -0.05) is 48.0 Å². The maximum Gasteiger partial charge on any atom is 0.417 e. The number of aromatic nitrogens is 2. The van der Waals surface area contributed by atoms with Gasteiger partial charge in [0.15, 0.2) is 0 Å². The molecule has 2 aromatic carbocycles. The highest BCUT2D eigenvalue weighted by atomic mass is 35.5. The van der Waals surface area contributed by atoms with Crippen LogP contribution >= 0.6 is 22.9 Å². The fourth-order valence-corrected chi connectivity index (χ4v) is 4.17. The number of aliphatic hydroxyl groups is 1. The van der Waals surface area contributed by atoms with Crippen molar-refractivity contribution in [2.45, 2.75) is 12.3 Å². The molecule has 0 fully saturated rings. The molecule has 32 heavy (non-hydrogen) atoms. The molecule has 0 spiro atoms. The highest BCUT2D eigenvalue weighted by Crippen LogP contribution is 2.36. The van der Waals surface area contributed by atoms with Crippen LogP contribution in [-0.2, 0) is 6.18 Å². The molecule has 0 bridgehead atoms. The summed E-state index contributed by atoms with van der Waals surface area (Å²) < 4.78 is 38.7. The number of halogens is 4. The number of aliphatic hydroxyl groups excluding tert-OH is 1. The van der Waals surface area contributed by atoms with E-state index < -0.39 is 22.9 Å². The third kappa shape index (κ3) is 5.09. The van der Waals surface area contributed by atoms with E-state index in [1.807, 2.05) is 41.8 Å². The number of benzene rings is 2. The molecule has 0 aliphatic heterocycles. The van der Waals surface area contributed by atoms with Gasteiger partial charge in [-0.2, -0.15) is 13.2 Å². The molecule has 2 heterocycles. The van der Waals surface area contributed by atoms with Crippen LogP contribution in [0.3, 0.4) is 0 Å². The minimum Gasteiger partial charge on any atom is -0.387 e. The molecule has 1 unspecified atom stereocenters. The summed E-state index contributed by atoms with van der Waals surface area (Å²) in [5.41, 5.74) is 1.77. The Kier molecular flexibility index (Phi) is 6.45. The molecule has 0 aliphatic carbocycles. The zero-order valence-corrected chi connectivity index (χ0v) is 18.0. The second-order valence-corrected chi connectivity index (χ2v) is 8.33. The Morgan fingerprint density at radius 2 is 1.75 bits per heavy atom. The summed E-state index contributed by atoms with van der Waals surface area (Å²) in [4.78, 5) is 9.38. The summed E-state index contributed by atoms with van der Waals surface area (Å²) in [7, 11) is 0. The molecular weight excluding hydrogens is 459 g/mol. The Hall–Kier alpha value is -2.94.